The molecule has 1 aromatic rings. The molecule has 23 heavy (non-hydrogen) atoms. The molecule has 0 aliphatic rings. The van der Waals surface area contributed by atoms with E-state index in [1.807, 2.05) is 45.0 Å². The van der Waals surface area contributed by atoms with Crippen molar-refractivity contribution in [3.05, 3.63) is 29.8 Å². The standard InChI is InChI=1S/C17H28N2O4/c1-5-22-9-10-23-12-14-7-6-8-15(11-14)18-16(20)19-17(2,3)13-21-4/h6-8,11H,5,9-10,12-13H2,1-4H3,(H2,18,19,20). The summed E-state index contributed by atoms with van der Waals surface area (Å²) in [6, 6.07) is 7.31. The van der Waals surface area contributed by atoms with Gasteiger partial charge in [-0.2, -0.15) is 0 Å². The van der Waals surface area contributed by atoms with Crippen LogP contribution in [0, 0.1) is 0 Å². The molecule has 0 saturated heterocycles. The van der Waals surface area contributed by atoms with Gasteiger partial charge in [0.1, 0.15) is 0 Å². The molecule has 2 N–H and O–H groups in total. The highest BCUT2D eigenvalue weighted by Crippen LogP contribution is 2.12. The molecule has 6 nitrogen and oxygen atoms in total. The predicted molar refractivity (Wildman–Crippen MR) is 90.7 cm³/mol. The Hall–Kier alpha value is -1.63. The molecule has 2 amide bonds. The number of hydrogen-bond acceptors (Lipinski definition) is 4. The van der Waals surface area contributed by atoms with Crippen molar-refractivity contribution in [2.24, 2.45) is 0 Å². The van der Waals surface area contributed by atoms with Gasteiger partial charge in [-0.25, -0.2) is 4.79 Å². The molecular formula is C17H28N2O4. The maximum Gasteiger partial charge on any atom is 0.319 e. The Labute approximate surface area is 138 Å². The Morgan fingerprint density at radius 3 is 2.65 bits per heavy atom. The van der Waals surface area contributed by atoms with Gasteiger partial charge in [-0.15, -0.1) is 0 Å². The number of amides is 2. The molecule has 0 heterocycles. The zero-order valence-corrected chi connectivity index (χ0v) is 14.5. The average Bonchev–Trinajstić information content (AvgIpc) is 2.46. The van der Waals surface area contributed by atoms with Gasteiger partial charge in [-0.05, 0) is 38.5 Å². The van der Waals surface area contributed by atoms with E-state index in [0.717, 1.165) is 11.3 Å². The molecule has 1 rings (SSSR count). The largest absolute Gasteiger partial charge is 0.382 e. The van der Waals surface area contributed by atoms with Crippen molar-refractivity contribution in [1.82, 2.24) is 5.32 Å². The van der Waals surface area contributed by atoms with E-state index in [1.54, 1.807) is 7.11 Å². The molecule has 1 aromatic carbocycles. The summed E-state index contributed by atoms with van der Waals surface area (Å²) in [6.45, 7) is 8.51. The van der Waals surface area contributed by atoms with Crippen LogP contribution in [0.3, 0.4) is 0 Å². The van der Waals surface area contributed by atoms with E-state index in [4.69, 9.17) is 14.2 Å². The first-order valence-corrected chi connectivity index (χ1v) is 7.79. The summed E-state index contributed by atoms with van der Waals surface area (Å²) in [5.41, 5.74) is 1.29. The van der Waals surface area contributed by atoms with Crippen LogP contribution in [0.1, 0.15) is 26.3 Å². The SMILES string of the molecule is CCOCCOCc1cccc(NC(=O)NC(C)(C)COC)c1. The smallest absolute Gasteiger partial charge is 0.319 e. The fourth-order valence-corrected chi connectivity index (χ4v) is 2.06. The van der Waals surface area contributed by atoms with E-state index in [2.05, 4.69) is 10.6 Å². The number of benzene rings is 1. The number of carbonyl (C=O) groups excluding carboxylic acids is 1. The van der Waals surface area contributed by atoms with E-state index in [9.17, 15) is 4.79 Å². The quantitative estimate of drug-likeness (QED) is 0.649. The zero-order valence-electron chi connectivity index (χ0n) is 14.5. The molecule has 0 unspecified atom stereocenters. The summed E-state index contributed by atoms with van der Waals surface area (Å²) in [5, 5.41) is 5.69. The van der Waals surface area contributed by atoms with Crippen molar-refractivity contribution in [2.45, 2.75) is 32.9 Å². The minimum Gasteiger partial charge on any atom is -0.382 e. The summed E-state index contributed by atoms with van der Waals surface area (Å²) >= 11 is 0. The van der Waals surface area contributed by atoms with Gasteiger partial charge < -0.3 is 24.8 Å². The predicted octanol–water partition coefficient (Wildman–Crippen LogP) is 2.79. The minimum atomic E-state index is -0.432. The molecule has 0 spiro atoms. The Kier molecular flexibility index (Phi) is 8.61. The summed E-state index contributed by atoms with van der Waals surface area (Å²) < 4.78 is 15.8. The van der Waals surface area contributed by atoms with Crippen LogP contribution in [-0.2, 0) is 20.8 Å². The second-order valence-corrected chi connectivity index (χ2v) is 5.85. The van der Waals surface area contributed by atoms with E-state index < -0.39 is 5.54 Å². The number of rotatable bonds is 10. The summed E-state index contributed by atoms with van der Waals surface area (Å²) in [4.78, 5) is 12.0. The van der Waals surface area contributed by atoms with E-state index in [0.29, 0.717) is 33.0 Å². The molecule has 0 radical (unpaired) electrons. The van der Waals surface area contributed by atoms with Gasteiger partial charge in [0.2, 0.25) is 0 Å². The van der Waals surface area contributed by atoms with Gasteiger partial charge in [0, 0.05) is 19.4 Å². The van der Waals surface area contributed by atoms with E-state index in [-0.39, 0.29) is 6.03 Å². The summed E-state index contributed by atoms with van der Waals surface area (Å²) in [5.74, 6) is 0. The molecule has 0 aliphatic heterocycles. The second-order valence-electron chi connectivity index (χ2n) is 5.85. The third-order valence-corrected chi connectivity index (χ3v) is 2.99. The highest BCUT2D eigenvalue weighted by atomic mass is 16.5. The Bertz CT molecular complexity index is 477. The highest BCUT2D eigenvalue weighted by molar-refractivity contribution is 5.89. The minimum absolute atomic E-state index is 0.263. The lowest BCUT2D eigenvalue weighted by molar-refractivity contribution is 0.0453. The Balaban J connectivity index is 2.45. The van der Waals surface area contributed by atoms with Crippen molar-refractivity contribution in [3.8, 4) is 0 Å². The number of ether oxygens (including phenoxy) is 3. The van der Waals surface area contributed by atoms with Gasteiger partial charge in [0.25, 0.3) is 0 Å². The van der Waals surface area contributed by atoms with Crippen molar-refractivity contribution in [1.29, 1.82) is 0 Å². The molecule has 6 heteroatoms. The molecule has 0 aliphatic carbocycles. The highest BCUT2D eigenvalue weighted by Gasteiger charge is 2.20. The average molecular weight is 324 g/mol. The molecule has 0 atom stereocenters. The maximum atomic E-state index is 12.0. The fourth-order valence-electron chi connectivity index (χ4n) is 2.06. The van der Waals surface area contributed by atoms with Crippen LogP contribution in [0.25, 0.3) is 0 Å². The topological polar surface area (TPSA) is 68.8 Å². The van der Waals surface area contributed by atoms with Crippen LogP contribution >= 0.6 is 0 Å². The molecular weight excluding hydrogens is 296 g/mol. The van der Waals surface area contributed by atoms with Gasteiger partial charge in [0.05, 0.1) is 32.0 Å². The normalized spacial score (nSPS) is 11.3. The van der Waals surface area contributed by atoms with Crippen LogP contribution in [0.4, 0.5) is 10.5 Å². The molecule has 0 saturated carbocycles. The van der Waals surface area contributed by atoms with Gasteiger partial charge >= 0.3 is 6.03 Å². The molecule has 0 fully saturated rings. The van der Waals surface area contributed by atoms with E-state index in [1.165, 1.54) is 0 Å². The summed E-state index contributed by atoms with van der Waals surface area (Å²) in [7, 11) is 1.61. The van der Waals surface area contributed by atoms with Crippen LogP contribution in [0.15, 0.2) is 24.3 Å². The maximum absolute atomic E-state index is 12.0. The van der Waals surface area contributed by atoms with E-state index >= 15 is 0 Å². The van der Waals surface area contributed by atoms with Gasteiger partial charge in [-0.1, -0.05) is 12.1 Å². The molecule has 130 valence electrons. The second kappa shape index (κ2) is 10.2. The lowest BCUT2D eigenvalue weighted by atomic mass is 10.1. The third kappa shape index (κ3) is 8.54. The first-order chi connectivity index (χ1) is 11.0. The number of urea groups is 1. The number of hydrogen-bond donors (Lipinski definition) is 2. The third-order valence-electron chi connectivity index (χ3n) is 2.99. The van der Waals surface area contributed by atoms with Gasteiger partial charge in [0.15, 0.2) is 0 Å². The van der Waals surface area contributed by atoms with Crippen molar-refractivity contribution < 1.29 is 19.0 Å². The summed E-state index contributed by atoms with van der Waals surface area (Å²) in [6.07, 6.45) is 0. The number of carbonyl (C=O) groups is 1. The Morgan fingerprint density at radius 2 is 1.96 bits per heavy atom. The first kappa shape index (κ1) is 19.4. The number of anilines is 1. The Morgan fingerprint density at radius 1 is 1.22 bits per heavy atom. The van der Waals surface area contributed by atoms with Crippen molar-refractivity contribution >= 4 is 11.7 Å². The van der Waals surface area contributed by atoms with Gasteiger partial charge in [-0.3, -0.25) is 0 Å². The lowest BCUT2D eigenvalue weighted by Gasteiger charge is -2.25. The van der Waals surface area contributed by atoms with Crippen molar-refractivity contribution in [3.63, 3.8) is 0 Å². The first-order valence-electron chi connectivity index (χ1n) is 7.79. The van der Waals surface area contributed by atoms with Crippen LogP contribution in [0.5, 0.6) is 0 Å². The molecule has 0 bridgehead atoms. The number of methoxy groups -OCH3 is 1. The lowest BCUT2D eigenvalue weighted by Crippen LogP contribution is -2.48. The molecule has 0 aromatic heterocycles. The van der Waals surface area contributed by atoms with Crippen LogP contribution in [-0.4, -0.2) is 45.1 Å². The fraction of sp³-hybridized carbons (Fsp3) is 0.588. The monoisotopic (exact) mass is 324 g/mol. The number of nitrogens with one attached hydrogen (secondary N) is 2. The van der Waals surface area contributed by atoms with Crippen LogP contribution < -0.4 is 10.6 Å². The van der Waals surface area contributed by atoms with Crippen molar-refractivity contribution in [2.75, 3.05) is 38.9 Å². The van der Waals surface area contributed by atoms with Crippen LogP contribution in [0.2, 0.25) is 0 Å². The zero-order chi connectivity index (χ0) is 17.1.